The van der Waals surface area contributed by atoms with Crippen LogP contribution in [0.2, 0.25) is 0 Å². The molecule has 2 rings (SSSR count). The van der Waals surface area contributed by atoms with Crippen LogP contribution in [0.25, 0.3) is 0 Å². The summed E-state index contributed by atoms with van der Waals surface area (Å²) in [5, 5.41) is 6.54. The highest BCUT2D eigenvalue weighted by atomic mass is 19.1. The van der Waals surface area contributed by atoms with Gasteiger partial charge in [-0.3, -0.25) is 19.8 Å². The van der Waals surface area contributed by atoms with E-state index in [0.717, 1.165) is 17.1 Å². The number of carbonyl (C=O) groups excluding carboxylic acids is 2. The molecule has 140 valence electrons. The van der Waals surface area contributed by atoms with Gasteiger partial charge in [0.05, 0.1) is 5.69 Å². The molecule has 7 nitrogen and oxygen atoms in total. The molecule has 3 N–H and O–H groups in total. The first-order chi connectivity index (χ1) is 12.1. The van der Waals surface area contributed by atoms with Crippen molar-refractivity contribution in [1.82, 2.24) is 10.1 Å². The van der Waals surface area contributed by atoms with Crippen LogP contribution in [0.5, 0.6) is 0 Å². The number of likely N-dealkylation sites (tertiary alicyclic amines) is 1. The van der Waals surface area contributed by atoms with Crippen LogP contribution in [0, 0.1) is 0 Å². The van der Waals surface area contributed by atoms with E-state index in [0.29, 0.717) is 12.1 Å². The number of hydrogen-bond donors (Lipinski definition) is 2. The summed E-state index contributed by atoms with van der Waals surface area (Å²) in [6.45, 7) is 9.19. The molecule has 2 amide bonds. The Labute approximate surface area is 151 Å². The lowest BCUT2D eigenvalue weighted by Gasteiger charge is -2.23. The van der Waals surface area contributed by atoms with E-state index in [4.69, 9.17) is 10.3 Å². The van der Waals surface area contributed by atoms with E-state index in [1.807, 2.05) is 20.8 Å². The van der Waals surface area contributed by atoms with Gasteiger partial charge in [-0.2, -0.15) is 0 Å². The molecule has 1 aliphatic rings. The third-order valence-electron chi connectivity index (χ3n) is 3.93. The Balaban J connectivity index is 2.15. The average Bonchev–Trinajstić information content (AvgIpc) is 3.18. The quantitative estimate of drug-likeness (QED) is 0.784. The van der Waals surface area contributed by atoms with Crippen molar-refractivity contribution in [3.05, 3.63) is 48.2 Å². The summed E-state index contributed by atoms with van der Waals surface area (Å²) in [5.41, 5.74) is 6.33. The zero-order valence-electron chi connectivity index (χ0n) is 15.1. The number of halogens is 1. The second kappa shape index (κ2) is 7.55. The Morgan fingerprint density at radius 3 is 2.77 bits per heavy atom. The SMILES string of the molecule is C=C/C(F)=C\C=C(/N)N1C(=O)CC[C@H]1C(=O)Nc1cc(C(C)(C)C)no1. The number of rotatable bonds is 5. The minimum Gasteiger partial charge on any atom is -0.385 e. The van der Waals surface area contributed by atoms with Crippen LogP contribution in [0.3, 0.4) is 0 Å². The molecule has 2 heterocycles. The standard InChI is InChI=1S/C18H23FN4O3/c1-5-11(19)6-8-14(20)23-12(7-9-16(23)24)17(25)21-15-10-13(22-26-15)18(2,3)4/h5-6,8,10,12H,1,7,9,20H2,2-4H3,(H,21,25)/b11-6+,14-8+/t12-/m0/s1. The lowest BCUT2D eigenvalue weighted by molar-refractivity contribution is -0.131. The normalized spacial score (nSPS) is 19.0. The molecule has 8 heteroatoms. The molecular formula is C18H23FN4O3. The Bertz CT molecular complexity index is 774. The molecule has 0 saturated carbocycles. The molecule has 1 atom stereocenters. The van der Waals surface area contributed by atoms with Crippen LogP contribution in [-0.2, 0) is 15.0 Å². The molecular weight excluding hydrogens is 339 g/mol. The molecule has 26 heavy (non-hydrogen) atoms. The lowest BCUT2D eigenvalue weighted by Crippen LogP contribution is -2.43. The first-order valence-corrected chi connectivity index (χ1v) is 8.19. The van der Waals surface area contributed by atoms with E-state index in [-0.39, 0.29) is 29.4 Å². The van der Waals surface area contributed by atoms with Gasteiger partial charge in [-0.05, 0) is 24.6 Å². The van der Waals surface area contributed by atoms with Crippen LogP contribution < -0.4 is 11.1 Å². The summed E-state index contributed by atoms with van der Waals surface area (Å²) in [5.74, 6) is -1.18. The van der Waals surface area contributed by atoms with Crippen molar-refractivity contribution in [1.29, 1.82) is 0 Å². The molecule has 1 aliphatic heterocycles. The lowest BCUT2D eigenvalue weighted by atomic mass is 9.92. The van der Waals surface area contributed by atoms with Crippen molar-refractivity contribution in [2.45, 2.75) is 45.1 Å². The molecule has 1 saturated heterocycles. The van der Waals surface area contributed by atoms with E-state index < -0.39 is 17.8 Å². The summed E-state index contributed by atoms with van der Waals surface area (Å²) in [4.78, 5) is 25.8. The third-order valence-corrected chi connectivity index (χ3v) is 3.93. The number of anilines is 1. The Hall–Kier alpha value is -2.90. The van der Waals surface area contributed by atoms with Crippen LogP contribution in [0.15, 0.2) is 47.0 Å². The molecule has 0 aromatic carbocycles. The fourth-order valence-corrected chi connectivity index (χ4v) is 2.46. The molecule has 0 bridgehead atoms. The first-order valence-electron chi connectivity index (χ1n) is 8.19. The van der Waals surface area contributed by atoms with E-state index in [2.05, 4.69) is 17.1 Å². The maximum Gasteiger partial charge on any atom is 0.250 e. The second-order valence-corrected chi connectivity index (χ2v) is 6.98. The Morgan fingerprint density at radius 1 is 1.50 bits per heavy atom. The first kappa shape index (κ1) is 19.4. The van der Waals surface area contributed by atoms with Gasteiger partial charge in [0, 0.05) is 17.9 Å². The predicted molar refractivity (Wildman–Crippen MR) is 95.4 cm³/mol. The molecule has 0 spiro atoms. The van der Waals surface area contributed by atoms with Gasteiger partial charge in [-0.1, -0.05) is 32.5 Å². The number of amides is 2. The maximum absolute atomic E-state index is 13.2. The minimum atomic E-state index is -0.804. The second-order valence-electron chi connectivity index (χ2n) is 6.98. The number of nitrogens with two attached hydrogens (primary N) is 1. The van der Waals surface area contributed by atoms with Crippen LogP contribution in [0.4, 0.5) is 10.3 Å². The Kier molecular flexibility index (Phi) is 5.64. The van der Waals surface area contributed by atoms with Crippen LogP contribution in [-0.4, -0.2) is 27.9 Å². The molecule has 1 aromatic heterocycles. The minimum absolute atomic E-state index is 0.0161. The van der Waals surface area contributed by atoms with E-state index >= 15 is 0 Å². The molecule has 0 radical (unpaired) electrons. The summed E-state index contributed by atoms with van der Waals surface area (Å²) in [6.07, 6.45) is 3.79. The van der Waals surface area contributed by atoms with Crippen molar-refractivity contribution >= 4 is 17.7 Å². The highest BCUT2D eigenvalue weighted by Gasteiger charge is 2.38. The zero-order chi connectivity index (χ0) is 19.5. The van der Waals surface area contributed by atoms with E-state index in [1.165, 1.54) is 6.08 Å². The summed E-state index contributed by atoms with van der Waals surface area (Å²) in [7, 11) is 0. The number of carbonyl (C=O) groups is 2. The van der Waals surface area contributed by atoms with E-state index in [9.17, 15) is 14.0 Å². The Morgan fingerprint density at radius 2 is 2.19 bits per heavy atom. The average molecular weight is 362 g/mol. The summed E-state index contributed by atoms with van der Waals surface area (Å²) < 4.78 is 18.3. The van der Waals surface area contributed by atoms with Crippen LogP contribution in [0.1, 0.15) is 39.3 Å². The van der Waals surface area contributed by atoms with Gasteiger partial charge in [0.2, 0.25) is 17.7 Å². The maximum atomic E-state index is 13.2. The molecule has 0 unspecified atom stereocenters. The topological polar surface area (TPSA) is 101 Å². The largest absolute Gasteiger partial charge is 0.385 e. The number of nitrogens with zero attached hydrogens (tertiary/aromatic N) is 2. The van der Waals surface area contributed by atoms with Gasteiger partial charge in [0.15, 0.2) is 0 Å². The van der Waals surface area contributed by atoms with E-state index in [1.54, 1.807) is 6.07 Å². The molecule has 1 fully saturated rings. The number of aromatic nitrogens is 1. The summed E-state index contributed by atoms with van der Waals surface area (Å²) in [6, 6.07) is 0.836. The predicted octanol–water partition coefficient (Wildman–Crippen LogP) is 2.74. The van der Waals surface area contributed by atoms with Crippen LogP contribution >= 0.6 is 0 Å². The highest BCUT2D eigenvalue weighted by molar-refractivity contribution is 5.98. The number of hydrogen-bond acceptors (Lipinski definition) is 5. The molecule has 0 aliphatic carbocycles. The van der Waals surface area contributed by atoms with Gasteiger partial charge in [0.25, 0.3) is 0 Å². The number of allylic oxidation sites excluding steroid dienone is 4. The fraction of sp³-hybridized carbons (Fsp3) is 0.389. The van der Waals surface area contributed by atoms with Crippen molar-refractivity contribution < 1.29 is 18.5 Å². The van der Waals surface area contributed by atoms with Gasteiger partial charge in [0.1, 0.15) is 17.7 Å². The van der Waals surface area contributed by atoms with Crippen molar-refractivity contribution in [3.63, 3.8) is 0 Å². The van der Waals surface area contributed by atoms with Gasteiger partial charge < -0.3 is 10.3 Å². The van der Waals surface area contributed by atoms with Crippen molar-refractivity contribution in [2.75, 3.05) is 5.32 Å². The number of nitrogens with one attached hydrogen (secondary N) is 1. The highest BCUT2D eigenvalue weighted by Crippen LogP contribution is 2.26. The monoisotopic (exact) mass is 362 g/mol. The zero-order valence-corrected chi connectivity index (χ0v) is 15.1. The smallest absolute Gasteiger partial charge is 0.250 e. The van der Waals surface area contributed by atoms with Gasteiger partial charge in [-0.25, -0.2) is 4.39 Å². The third kappa shape index (κ3) is 4.38. The summed E-state index contributed by atoms with van der Waals surface area (Å²) >= 11 is 0. The van der Waals surface area contributed by atoms with Crippen molar-refractivity contribution in [2.24, 2.45) is 5.73 Å². The van der Waals surface area contributed by atoms with Gasteiger partial charge in [-0.15, -0.1) is 0 Å². The molecule has 1 aromatic rings. The fourth-order valence-electron chi connectivity index (χ4n) is 2.46. The van der Waals surface area contributed by atoms with Crippen molar-refractivity contribution in [3.8, 4) is 0 Å². The van der Waals surface area contributed by atoms with Gasteiger partial charge >= 0.3 is 0 Å².